The van der Waals surface area contributed by atoms with E-state index >= 15 is 0 Å². The first-order chi connectivity index (χ1) is 14.6. The fraction of sp³-hybridized carbons (Fsp3) is 0.391. The summed E-state index contributed by atoms with van der Waals surface area (Å²) in [6.07, 6.45) is 5.80. The van der Waals surface area contributed by atoms with Crippen LogP contribution in [0.5, 0.6) is 0 Å². The van der Waals surface area contributed by atoms with Crippen molar-refractivity contribution in [3.63, 3.8) is 0 Å². The van der Waals surface area contributed by atoms with Crippen molar-refractivity contribution < 1.29 is 18.3 Å². The van der Waals surface area contributed by atoms with Gasteiger partial charge in [-0.25, -0.2) is 13.2 Å². The molecule has 4 rings (SSSR count). The highest BCUT2D eigenvalue weighted by molar-refractivity contribution is 7.90. The van der Waals surface area contributed by atoms with Crippen LogP contribution in [-0.4, -0.2) is 52.4 Å². The minimum atomic E-state index is -3.23. The van der Waals surface area contributed by atoms with Gasteiger partial charge in [0.15, 0.2) is 9.84 Å². The molecule has 31 heavy (non-hydrogen) atoms. The lowest BCUT2D eigenvalue weighted by molar-refractivity contribution is 0.0767. The summed E-state index contributed by atoms with van der Waals surface area (Å²) in [6.45, 7) is 4.52. The summed E-state index contributed by atoms with van der Waals surface area (Å²) in [5.41, 5.74) is 3.02. The number of carbonyl (C=O) groups is 1. The number of fused-ring (bicyclic) bond motifs is 1. The Kier molecular flexibility index (Phi) is 5.51. The van der Waals surface area contributed by atoms with E-state index in [1.54, 1.807) is 17.0 Å². The van der Waals surface area contributed by atoms with E-state index in [4.69, 9.17) is 0 Å². The van der Waals surface area contributed by atoms with E-state index in [9.17, 15) is 18.3 Å². The number of rotatable bonds is 4. The molecular formula is C23H27N3O4S. The molecule has 1 aliphatic rings. The van der Waals surface area contributed by atoms with Crippen molar-refractivity contribution in [2.24, 2.45) is 0 Å². The quantitative estimate of drug-likeness (QED) is 0.657. The van der Waals surface area contributed by atoms with Gasteiger partial charge < -0.3 is 14.6 Å². The Bertz CT molecular complexity index is 1210. The first kappa shape index (κ1) is 21.4. The number of likely N-dealkylation sites (tertiary alicyclic amines) is 1. The van der Waals surface area contributed by atoms with Crippen LogP contribution in [0.25, 0.3) is 10.9 Å². The predicted octanol–water partition coefficient (Wildman–Crippen LogP) is 4.12. The highest BCUT2D eigenvalue weighted by Gasteiger charge is 2.34. The van der Waals surface area contributed by atoms with Crippen LogP contribution in [-0.2, 0) is 16.4 Å². The number of sulfone groups is 1. The molecular weight excluding hydrogens is 414 g/mol. The summed E-state index contributed by atoms with van der Waals surface area (Å²) in [4.78, 5) is 18.0. The summed E-state index contributed by atoms with van der Waals surface area (Å²) < 4.78 is 25.6. The molecule has 0 radical (unpaired) electrons. The number of pyridine rings is 1. The van der Waals surface area contributed by atoms with Crippen LogP contribution in [0.3, 0.4) is 0 Å². The third-order valence-corrected chi connectivity index (χ3v) is 7.35. The average Bonchev–Trinajstić information content (AvgIpc) is 3.09. The van der Waals surface area contributed by atoms with E-state index in [0.29, 0.717) is 17.4 Å². The molecule has 0 spiro atoms. The van der Waals surface area contributed by atoms with Crippen LogP contribution in [0.2, 0.25) is 0 Å². The minimum Gasteiger partial charge on any atom is -0.465 e. The third kappa shape index (κ3) is 4.30. The number of piperidine rings is 1. The molecule has 0 saturated carbocycles. The lowest BCUT2D eigenvalue weighted by Gasteiger charge is -2.41. The molecule has 2 atom stereocenters. The Labute approximate surface area is 182 Å². The van der Waals surface area contributed by atoms with Gasteiger partial charge in [-0.15, -0.1) is 0 Å². The molecule has 0 aliphatic carbocycles. The standard InChI is InChI=1S/C23H27N3O4S/c1-15-10-19(11-16(2)26(15)23(27)28)18-4-5-20(24-13-18)14-25-9-8-17-12-21(31(3,29)30)6-7-22(17)25/h4-9,12-13,15-16,19H,10-11,14H2,1-3H3,(H,27,28)/t15-,16-/m0/s1. The topological polar surface area (TPSA) is 92.5 Å². The Hall–Kier alpha value is -2.87. The van der Waals surface area contributed by atoms with Gasteiger partial charge in [-0.3, -0.25) is 4.98 Å². The van der Waals surface area contributed by atoms with Crippen LogP contribution in [0.1, 0.15) is 43.9 Å². The van der Waals surface area contributed by atoms with E-state index in [-0.39, 0.29) is 12.1 Å². The van der Waals surface area contributed by atoms with E-state index in [1.807, 2.05) is 44.4 Å². The molecule has 3 heterocycles. The van der Waals surface area contributed by atoms with E-state index in [1.165, 1.54) is 6.26 Å². The van der Waals surface area contributed by atoms with Gasteiger partial charge in [0.05, 0.1) is 17.1 Å². The van der Waals surface area contributed by atoms with E-state index in [2.05, 4.69) is 15.6 Å². The maximum atomic E-state index is 11.8. The van der Waals surface area contributed by atoms with Crippen molar-refractivity contribution in [2.75, 3.05) is 6.26 Å². The molecule has 1 fully saturated rings. The van der Waals surface area contributed by atoms with Crippen molar-refractivity contribution in [1.82, 2.24) is 14.5 Å². The normalized spacial score (nSPS) is 22.0. The Morgan fingerprint density at radius 1 is 1.13 bits per heavy atom. The summed E-state index contributed by atoms with van der Waals surface area (Å²) in [5.74, 6) is 0.295. The van der Waals surface area contributed by atoms with Crippen molar-refractivity contribution in [3.05, 3.63) is 60.0 Å². The molecule has 0 bridgehead atoms. The van der Waals surface area contributed by atoms with Crippen LogP contribution < -0.4 is 0 Å². The molecule has 164 valence electrons. The summed E-state index contributed by atoms with van der Waals surface area (Å²) >= 11 is 0. The molecule has 1 aliphatic heterocycles. The van der Waals surface area contributed by atoms with Crippen molar-refractivity contribution in [2.45, 2.75) is 56.1 Å². The molecule has 1 amide bonds. The second-order valence-corrected chi connectivity index (χ2v) is 10.6. The number of amides is 1. The summed E-state index contributed by atoms with van der Waals surface area (Å²) in [7, 11) is -3.23. The summed E-state index contributed by atoms with van der Waals surface area (Å²) in [6, 6.07) is 11.2. The first-order valence-electron chi connectivity index (χ1n) is 10.4. The second-order valence-electron chi connectivity index (χ2n) is 8.58. The lowest BCUT2D eigenvalue weighted by atomic mass is 9.83. The Balaban J connectivity index is 1.50. The number of benzene rings is 1. The molecule has 3 aromatic rings. The van der Waals surface area contributed by atoms with Gasteiger partial charge in [-0.1, -0.05) is 6.07 Å². The van der Waals surface area contributed by atoms with Crippen molar-refractivity contribution >= 4 is 26.8 Å². The van der Waals surface area contributed by atoms with Gasteiger partial charge in [0, 0.05) is 41.6 Å². The molecule has 2 aromatic heterocycles. The number of nitrogens with zero attached hydrogens (tertiary/aromatic N) is 3. The molecule has 1 N–H and O–H groups in total. The van der Waals surface area contributed by atoms with E-state index < -0.39 is 15.9 Å². The zero-order valence-corrected chi connectivity index (χ0v) is 18.7. The molecule has 1 aromatic carbocycles. The fourth-order valence-corrected chi connectivity index (χ4v) is 5.38. The zero-order chi connectivity index (χ0) is 22.3. The SMILES string of the molecule is C[C@H]1CC(c2ccc(Cn3ccc4cc(S(C)(=O)=O)ccc43)nc2)C[C@H](C)N1C(=O)O. The summed E-state index contributed by atoms with van der Waals surface area (Å²) in [5, 5.41) is 10.3. The van der Waals surface area contributed by atoms with Crippen LogP contribution in [0.4, 0.5) is 4.79 Å². The highest BCUT2D eigenvalue weighted by Crippen LogP contribution is 2.35. The highest BCUT2D eigenvalue weighted by atomic mass is 32.2. The molecule has 0 unspecified atom stereocenters. The van der Waals surface area contributed by atoms with Crippen LogP contribution in [0, 0.1) is 0 Å². The number of hydrogen-bond acceptors (Lipinski definition) is 4. The number of carboxylic acid groups (broad SMARTS) is 1. The van der Waals surface area contributed by atoms with Crippen LogP contribution in [0.15, 0.2) is 53.7 Å². The Morgan fingerprint density at radius 3 is 2.42 bits per heavy atom. The van der Waals surface area contributed by atoms with Gasteiger partial charge in [0.1, 0.15) is 0 Å². The van der Waals surface area contributed by atoms with Crippen molar-refractivity contribution in [3.8, 4) is 0 Å². The monoisotopic (exact) mass is 441 g/mol. The maximum Gasteiger partial charge on any atom is 0.407 e. The molecule has 1 saturated heterocycles. The lowest BCUT2D eigenvalue weighted by Crippen LogP contribution is -2.48. The van der Waals surface area contributed by atoms with Gasteiger partial charge in [-0.2, -0.15) is 0 Å². The molecule has 8 heteroatoms. The van der Waals surface area contributed by atoms with Crippen molar-refractivity contribution in [1.29, 1.82) is 0 Å². The van der Waals surface area contributed by atoms with Crippen LogP contribution >= 0.6 is 0 Å². The molecule has 7 nitrogen and oxygen atoms in total. The fourth-order valence-electron chi connectivity index (χ4n) is 4.72. The Morgan fingerprint density at radius 2 is 1.84 bits per heavy atom. The van der Waals surface area contributed by atoms with E-state index in [0.717, 1.165) is 35.0 Å². The first-order valence-corrected chi connectivity index (χ1v) is 12.3. The smallest absolute Gasteiger partial charge is 0.407 e. The minimum absolute atomic E-state index is 0.0195. The predicted molar refractivity (Wildman–Crippen MR) is 119 cm³/mol. The number of hydrogen-bond donors (Lipinski definition) is 1. The second kappa shape index (κ2) is 8.00. The zero-order valence-electron chi connectivity index (χ0n) is 17.9. The number of aromatic nitrogens is 2. The average molecular weight is 442 g/mol. The largest absolute Gasteiger partial charge is 0.465 e. The van der Waals surface area contributed by atoms with Gasteiger partial charge in [-0.05, 0) is 68.5 Å². The van der Waals surface area contributed by atoms with Gasteiger partial charge in [0.25, 0.3) is 0 Å². The van der Waals surface area contributed by atoms with Gasteiger partial charge >= 0.3 is 6.09 Å². The third-order valence-electron chi connectivity index (χ3n) is 6.24. The maximum absolute atomic E-state index is 11.8. The van der Waals surface area contributed by atoms with Gasteiger partial charge in [0.2, 0.25) is 0 Å².